The molecule has 1 unspecified atom stereocenters. The molecule has 0 bridgehead atoms. The highest BCUT2D eigenvalue weighted by Gasteiger charge is 2.18. The van der Waals surface area contributed by atoms with E-state index in [9.17, 15) is 9.59 Å². The number of carbonyl (C=O) groups excluding carboxylic acids is 1. The number of para-hydroxylation sites is 2. The minimum atomic E-state index is -0.186. The highest BCUT2D eigenvalue weighted by molar-refractivity contribution is 7.99. The van der Waals surface area contributed by atoms with E-state index in [2.05, 4.69) is 5.32 Å². The molecule has 178 valence electrons. The summed E-state index contributed by atoms with van der Waals surface area (Å²) in [5.74, 6) is 1.41. The summed E-state index contributed by atoms with van der Waals surface area (Å²) in [5, 5.41) is 3.89. The molecule has 1 atom stereocenters. The van der Waals surface area contributed by atoms with Crippen molar-refractivity contribution in [1.82, 2.24) is 14.9 Å². The highest BCUT2D eigenvalue weighted by Crippen LogP contribution is 2.25. The molecule has 7 nitrogen and oxygen atoms in total. The number of ether oxygens (including phenoxy) is 2. The third-order valence-corrected chi connectivity index (χ3v) is 6.64. The number of hydrogen-bond donors (Lipinski definition) is 1. The van der Waals surface area contributed by atoms with Crippen molar-refractivity contribution in [3.63, 3.8) is 0 Å². The predicted octanol–water partition coefficient (Wildman–Crippen LogP) is 4.57. The van der Waals surface area contributed by atoms with Crippen molar-refractivity contribution in [2.75, 3.05) is 18.9 Å². The molecule has 5 rings (SSSR count). The quantitative estimate of drug-likeness (QED) is 0.290. The standard InChI is InChI=1S/C27H25N3O4S/c31-25(28-17-22-9-6-16-33-22)18-35-27-29-24-11-5-4-10-23(24)26(32)30(27)19-12-14-21(15-13-19)34-20-7-2-1-3-8-20/h1-5,7-8,10-15,22H,6,9,16-18H2,(H,28,31). The summed E-state index contributed by atoms with van der Waals surface area (Å²) in [7, 11) is 0. The SMILES string of the molecule is O=C(CSc1nc2ccccc2c(=O)n1-c1ccc(Oc2ccccc2)cc1)NCC1CCCO1. The first kappa shape index (κ1) is 23.1. The van der Waals surface area contributed by atoms with Crippen molar-refractivity contribution >= 4 is 28.6 Å². The van der Waals surface area contributed by atoms with E-state index in [0.29, 0.717) is 34.0 Å². The molecule has 1 aliphatic rings. The number of rotatable bonds is 8. The monoisotopic (exact) mass is 487 g/mol. The average Bonchev–Trinajstić information content (AvgIpc) is 3.42. The van der Waals surface area contributed by atoms with Crippen LogP contribution in [0.4, 0.5) is 0 Å². The summed E-state index contributed by atoms with van der Waals surface area (Å²) in [5.41, 5.74) is 1.06. The third-order valence-electron chi connectivity index (χ3n) is 5.70. The number of benzene rings is 3. The van der Waals surface area contributed by atoms with Crippen LogP contribution in [0, 0.1) is 0 Å². The molecule has 3 aromatic carbocycles. The van der Waals surface area contributed by atoms with E-state index < -0.39 is 0 Å². The molecule has 2 heterocycles. The number of thioether (sulfide) groups is 1. The van der Waals surface area contributed by atoms with E-state index >= 15 is 0 Å². The van der Waals surface area contributed by atoms with E-state index in [0.717, 1.165) is 25.2 Å². The lowest BCUT2D eigenvalue weighted by atomic mass is 10.2. The van der Waals surface area contributed by atoms with Gasteiger partial charge in [-0.05, 0) is 61.4 Å². The highest BCUT2D eigenvalue weighted by atomic mass is 32.2. The summed E-state index contributed by atoms with van der Waals surface area (Å²) in [4.78, 5) is 30.6. The summed E-state index contributed by atoms with van der Waals surface area (Å²) in [6, 6.07) is 24.0. The molecule has 0 aliphatic carbocycles. The van der Waals surface area contributed by atoms with E-state index in [1.807, 2.05) is 66.7 Å². The lowest BCUT2D eigenvalue weighted by Crippen LogP contribution is -2.33. The van der Waals surface area contributed by atoms with Gasteiger partial charge in [-0.15, -0.1) is 0 Å². The van der Waals surface area contributed by atoms with Gasteiger partial charge in [-0.2, -0.15) is 0 Å². The Morgan fingerprint density at radius 1 is 1.03 bits per heavy atom. The van der Waals surface area contributed by atoms with Crippen molar-refractivity contribution in [1.29, 1.82) is 0 Å². The Hall–Kier alpha value is -3.62. The molecule has 35 heavy (non-hydrogen) atoms. The van der Waals surface area contributed by atoms with Gasteiger partial charge in [0.25, 0.3) is 5.56 Å². The Morgan fingerprint density at radius 2 is 1.77 bits per heavy atom. The number of aromatic nitrogens is 2. The van der Waals surface area contributed by atoms with Gasteiger partial charge in [-0.3, -0.25) is 14.2 Å². The van der Waals surface area contributed by atoms with Gasteiger partial charge in [-0.25, -0.2) is 4.98 Å². The summed E-state index contributed by atoms with van der Waals surface area (Å²) in [6.45, 7) is 1.25. The second-order valence-electron chi connectivity index (χ2n) is 8.19. The first-order valence-electron chi connectivity index (χ1n) is 11.5. The fraction of sp³-hybridized carbons (Fsp3) is 0.222. The van der Waals surface area contributed by atoms with Crippen LogP contribution in [0.25, 0.3) is 16.6 Å². The molecule has 8 heteroatoms. The molecule has 1 saturated heterocycles. The van der Waals surface area contributed by atoms with Gasteiger partial charge in [0.05, 0.1) is 28.4 Å². The summed E-state index contributed by atoms with van der Waals surface area (Å²) >= 11 is 1.24. The molecule has 1 N–H and O–H groups in total. The summed E-state index contributed by atoms with van der Waals surface area (Å²) in [6.07, 6.45) is 2.07. The molecule has 1 aliphatic heterocycles. The normalized spacial score (nSPS) is 15.3. The largest absolute Gasteiger partial charge is 0.457 e. The molecule has 0 radical (unpaired) electrons. The fourth-order valence-corrected chi connectivity index (χ4v) is 4.78. The Labute approximate surface area is 207 Å². The first-order valence-corrected chi connectivity index (χ1v) is 12.5. The second-order valence-corrected chi connectivity index (χ2v) is 9.13. The number of nitrogens with zero attached hydrogens (tertiary/aromatic N) is 2. The van der Waals surface area contributed by atoms with Crippen LogP contribution in [0.1, 0.15) is 12.8 Å². The molecule has 4 aromatic rings. The Kier molecular flexibility index (Phi) is 7.11. The van der Waals surface area contributed by atoms with Crippen molar-refractivity contribution in [2.45, 2.75) is 24.1 Å². The molecular formula is C27H25N3O4S. The van der Waals surface area contributed by atoms with Crippen LogP contribution in [0.3, 0.4) is 0 Å². The lowest BCUT2D eigenvalue weighted by Gasteiger charge is -2.14. The third kappa shape index (κ3) is 5.55. The Balaban J connectivity index is 1.39. The Morgan fingerprint density at radius 3 is 2.54 bits per heavy atom. The van der Waals surface area contributed by atoms with E-state index in [4.69, 9.17) is 14.5 Å². The Bertz CT molecular complexity index is 1370. The van der Waals surface area contributed by atoms with Crippen LogP contribution in [0.2, 0.25) is 0 Å². The van der Waals surface area contributed by atoms with Gasteiger partial charge in [0, 0.05) is 13.2 Å². The predicted molar refractivity (Wildman–Crippen MR) is 137 cm³/mol. The maximum Gasteiger partial charge on any atom is 0.266 e. The van der Waals surface area contributed by atoms with Gasteiger partial charge < -0.3 is 14.8 Å². The van der Waals surface area contributed by atoms with Gasteiger partial charge in [-0.1, -0.05) is 42.1 Å². The first-order chi connectivity index (χ1) is 17.2. The molecule has 0 spiro atoms. The van der Waals surface area contributed by atoms with Crippen molar-refractivity contribution < 1.29 is 14.3 Å². The molecule has 0 saturated carbocycles. The molecular weight excluding hydrogens is 462 g/mol. The topological polar surface area (TPSA) is 82.5 Å². The van der Waals surface area contributed by atoms with Crippen LogP contribution in [0.15, 0.2) is 88.8 Å². The van der Waals surface area contributed by atoms with Gasteiger partial charge in [0.2, 0.25) is 5.91 Å². The summed E-state index contributed by atoms with van der Waals surface area (Å²) < 4.78 is 13.0. The number of carbonyl (C=O) groups is 1. The number of hydrogen-bond acceptors (Lipinski definition) is 6. The van der Waals surface area contributed by atoms with E-state index in [1.54, 1.807) is 16.7 Å². The molecule has 1 amide bonds. The van der Waals surface area contributed by atoms with Gasteiger partial charge in [0.1, 0.15) is 11.5 Å². The van der Waals surface area contributed by atoms with E-state index in [-0.39, 0.29) is 23.3 Å². The maximum absolute atomic E-state index is 13.4. The van der Waals surface area contributed by atoms with Gasteiger partial charge in [0.15, 0.2) is 5.16 Å². The number of fused-ring (bicyclic) bond motifs is 1. The van der Waals surface area contributed by atoms with Crippen molar-refractivity contribution in [2.24, 2.45) is 0 Å². The van der Waals surface area contributed by atoms with Crippen molar-refractivity contribution in [3.8, 4) is 17.2 Å². The smallest absolute Gasteiger partial charge is 0.266 e. The van der Waals surface area contributed by atoms with E-state index in [1.165, 1.54) is 11.8 Å². The second kappa shape index (κ2) is 10.8. The minimum absolute atomic E-state index is 0.0811. The lowest BCUT2D eigenvalue weighted by molar-refractivity contribution is -0.119. The fourth-order valence-electron chi connectivity index (χ4n) is 3.94. The maximum atomic E-state index is 13.4. The number of nitrogens with one attached hydrogen (secondary N) is 1. The van der Waals surface area contributed by atoms with Crippen molar-refractivity contribution in [3.05, 3.63) is 89.2 Å². The van der Waals surface area contributed by atoms with Crippen LogP contribution >= 0.6 is 11.8 Å². The number of amides is 1. The van der Waals surface area contributed by atoms with Gasteiger partial charge >= 0.3 is 0 Å². The average molecular weight is 488 g/mol. The van der Waals surface area contributed by atoms with Crippen LogP contribution in [-0.2, 0) is 9.53 Å². The minimum Gasteiger partial charge on any atom is -0.457 e. The van der Waals surface area contributed by atoms with Crippen LogP contribution in [-0.4, -0.2) is 40.5 Å². The van der Waals surface area contributed by atoms with Crippen LogP contribution < -0.4 is 15.6 Å². The van der Waals surface area contributed by atoms with Crippen LogP contribution in [0.5, 0.6) is 11.5 Å². The molecule has 1 fully saturated rings. The zero-order chi connectivity index (χ0) is 24.0. The zero-order valence-corrected chi connectivity index (χ0v) is 19.9. The zero-order valence-electron chi connectivity index (χ0n) is 19.1. The molecule has 1 aromatic heterocycles.